The molecule has 176 valence electrons. The molecule has 0 saturated carbocycles. The van der Waals surface area contributed by atoms with Crippen LogP contribution in [-0.2, 0) is 11.8 Å². The SMILES string of the molecule is Cc1cc2c(c3ccccc13)-c1ccc(CC(C)c3cccc4oc5ccccc5c34)cc1C2(C)C. The highest BCUT2D eigenvalue weighted by molar-refractivity contribution is 6.07. The van der Waals surface area contributed by atoms with E-state index in [4.69, 9.17) is 4.42 Å². The molecule has 1 heterocycles. The Hall–Kier alpha value is -3.84. The lowest BCUT2D eigenvalue weighted by atomic mass is 9.80. The van der Waals surface area contributed by atoms with Gasteiger partial charge in [-0.1, -0.05) is 99.6 Å². The van der Waals surface area contributed by atoms with Gasteiger partial charge in [-0.3, -0.25) is 0 Å². The van der Waals surface area contributed by atoms with E-state index >= 15 is 0 Å². The van der Waals surface area contributed by atoms with Crippen molar-refractivity contribution in [1.29, 1.82) is 0 Å². The molecule has 0 amide bonds. The Balaban J connectivity index is 1.32. The van der Waals surface area contributed by atoms with Crippen molar-refractivity contribution in [3.63, 3.8) is 0 Å². The Morgan fingerprint density at radius 1 is 0.722 bits per heavy atom. The maximum Gasteiger partial charge on any atom is 0.135 e. The maximum atomic E-state index is 6.16. The second kappa shape index (κ2) is 7.58. The van der Waals surface area contributed by atoms with Crippen molar-refractivity contribution in [2.24, 2.45) is 0 Å². The predicted octanol–water partition coefficient (Wildman–Crippen LogP) is 9.70. The van der Waals surface area contributed by atoms with Gasteiger partial charge in [-0.2, -0.15) is 0 Å². The lowest BCUT2D eigenvalue weighted by molar-refractivity contribution is 0.657. The molecule has 0 bridgehead atoms. The predicted molar refractivity (Wildman–Crippen MR) is 152 cm³/mol. The number of hydrogen-bond donors (Lipinski definition) is 0. The van der Waals surface area contributed by atoms with Crippen LogP contribution >= 0.6 is 0 Å². The molecule has 36 heavy (non-hydrogen) atoms. The van der Waals surface area contributed by atoms with Crippen LogP contribution in [-0.4, -0.2) is 0 Å². The minimum Gasteiger partial charge on any atom is -0.456 e. The smallest absolute Gasteiger partial charge is 0.135 e. The van der Waals surface area contributed by atoms with Crippen molar-refractivity contribution in [1.82, 2.24) is 0 Å². The molecule has 1 unspecified atom stereocenters. The fraction of sp³-hybridized carbons (Fsp3) is 0.200. The van der Waals surface area contributed by atoms with Crippen molar-refractivity contribution < 1.29 is 4.42 Å². The third kappa shape index (κ3) is 2.95. The Kier molecular flexibility index (Phi) is 4.51. The van der Waals surface area contributed by atoms with E-state index in [2.05, 4.69) is 113 Å². The molecule has 1 heteroatoms. The number of furan rings is 1. The molecule has 0 saturated heterocycles. The Morgan fingerprint density at radius 2 is 1.44 bits per heavy atom. The largest absolute Gasteiger partial charge is 0.456 e. The summed E-state index contributed by atoms with van der Waals surface area (Å²) in [6.07, 6.45) is 0.998. The number of hydrogen-bond acceptors (Lipinski definition) is 1. The normalized spacial score (nSPS) is 14.9. The molecule has 7 rings (SSSR count). The Bertz CT molecular complexity index is 1810. The molecular weight excluding hydrogens is 436 g/mol. The van der Waals surface area contributed by atoms with Gasteiger partial charge in [0.1, 0.15) is 11.2 Å². The Labute approximate surface area is 212 Å². The third-order valence-electron chi connectivity index (χ3n) is 8.46. The van der Waals surface area contributed by atoms with E-state index in [0.717, 1.165) is 17.6 Å². The summed E-state index contributed by atoms with van der Waals surface area (Å²) in [6.45, 7) is 9.37. The van der Waals surface area contributed by atoms with E-state index in [9.17, 15) is 0 Å². The minimum atomic E-state index is -0.0144. The fourth-order valence-corrected chi connectivity index (χ4v) is 6.61. The minimum absolute atomic E-state index is 0.0144. The number of aryl methyl sites for hydroxylation is 1. The summed E-state index contributed by atoms with van der Waals surface area (Å²) < 4.78 is 6.16. The van der Waals surface area contributed by atoms with E-state index < -0.39 is 0 Å². The van der Waals surface area contributed by atoms with Gasteiger partial charge in [0.2, 0.25) is 0 Å². The van der Waals surface area contributed by atoms with E-state index in [1.807, 2.05) is 6.07 Å². The summed E-state index contributed by atoms with van der Waals surface area (Å²) in [5, 5.41) is 5.20. The average Bonchev–Trinajstić information content (AvgIpc) is 3.37. The maximum absolute atomic E-state index is 6.16. The fourth-order valence-electron chi connectivity index (χ4n) is 6.61. The molecular formula is C35H30O. The first-order chi connectivity index (χ1) is 17.4. The first-order valence-electron chi connectivity index (χ1n) is 13.0. The van der Waals surface area contributed by atoms with Crippen LogP contribution in [0.5, 0.6) is 0 Å². The van der Waals surface area contributed by atoms with Gasteiger partial charge >= 0.3 is 0 Å². The zero-order chi connectivity index (χ0) is 24.6. The van der Waals surface area contributed by atoms with Crippen molar-refractivity contribution in [3.05, 3.63) is 119 Å². The molecule has 0 aliphatic heterocycles. The van der Waals surface area contributed by atoms with Crippen LogP contribution in [0.25, 0.3) is 43.8 Å². The quantitative estimate of drug-likeness (QED) is 0.253. The van der Waals surface area contributed by atoms with Crippen molar-refractivity contribution in [2.45, 2.75) is 45.4 Å². The van der Waals surface area contributed by atoms with E-state index in [-0.39, 0.29) is 5.41 Å². The van der Waals surface area contributed by atoms with Gasteiger partial charge in [-0.25, -0.2) is 0 Å². The van der Waals surface area contributed by atoms with Crippen LogP contribution in [0.1, 0.15) is 54.5 Å². The highest BCUT2D eigenvalue weighted by Crippen LogP contribution is 2.52. The standard InChI is InChI=1S/C35H30O/c1-21(25-13-9-15-32-34(25)28-12-7-8-14-31(28)36-32)18-23-16-17-27-29(20-23)35(3,4)30-19-22(2)24-10-5-6-11-26(24)33(27)30/h5-17,19-21H,18H2,1-4H3. The summed E-state index contributed by atoms with van der Waals surface area (Å²) in [7, 11) is 0. The first kappa shape index (κ1) is 21.4. The van der Waals surface area contributed by atoms with E-state index in [1.54, 1.807) is 0 Å². The molecule has 5 aromatic carbocycles. The van der Waals surface area contributed by atoms with Crippen LogP contribution in [0.15, 0.2) is 95.4 Å². The van der Waals surface area contributed by atoms with Gasteiger partial charge < -0.3 is 4.42 Å². The monoisotopic (exact) mass is 466 g/mol. The van der Waals surface area contributed by atoms with E-state index in [1.165, 1.54) is 60.5 Å². The molecule has 0 fully saturated rings. The van der Waals surface area contributed by atoms with Crippen molar-refractivity contribution in [2.75, 3.05) is 0 Å². The molecule has 0 radical (unpaired) electrons. The van der Waals surface area contributed by atoms with Crippen LogP contribution in [0.3, 0.4) is 0 Å². The molecule has 6 aromatic rings. The lowest BCUT2D eigenvalue weighted by Gasteiger charge is -2.23. The number of fused-ring (bicyclic) bond motifs is 8. The average molecular weight is 467 g/mol. The summed E-state index contributed by atoms with van der Waals surface area (Å²) in [5.74, 6) is 0.378. The van der Waals surface area contributed by atoms with Gasteiger partial charge in [-0.15, -0.1) is 0 Å². The van der Waals surface area contributed by atoms with Crippen molar-refractivity contribution >= 4 is 32.7 Å². The topological polar surface area (TPSA) is 13.1 Å². The van der Waals surface area contributed by atoms with Gasteiger partial charge in [0.05, 0.1) is 0 Å². The zero-order valence-corrected chi connectivity index (χ0v) is 21.4. The molecule has 0 N–H and O–H groups in total. The van der Waals surface area contributed by atoms with Gasteiger partial charge in [0, 0.05) is 16.2 Å². The van der Waals surface area contributed by atoms with Gasteiger partial charge in [0.15, 0.2) is 0 Å². The van der Waals surface area contributed by atoms with Gasteiger partial charge in [0.25, 0.3) is 0 Å². The number of rotatable bonds is 3. The molecule has 0 spiro atoms. The highest BCUT2D eigenvalue weighted by Gasteiger charge is 2.37. The lowest BCUT2D eigenvalue weighted by Crippen LogP contribution is -2.15. The number of benzene rings is 5. The summed E-state index contributed by atoms with van der Waals surface area (Å²) in [6, 6.07) is 33.4. The van der Waals surface area contributed by atoms with Crippen LogP contribution in [0.4, 0.5) is 0 Å². The summed E-state index contributed by atoms with van der Waals surface area (Å²) in [5.41, 5.74) is 11.8. The molecule has 1 atom stereocenters. The van der Waals surface area contributed by atoms with Crippen LogP contribution < -0.4 is 0 Å². The first-order valence-corrected chi connectivity index (χ1v) is 13.0. The molecule has 1 aromatic heterocycles. The second-order valence-corrected chi connectivity index (χ2v) is 11.1. The van der Waals surface area contributed by atoms with Crippen LogP contribution in [0, 0.1) is 6.92 Å². The van der Waals surface area contributed by atoms with Gasteiger partial charge in [-0.05, 0) is 81.1 Å². The van der Waals surface area contributed by atoms with Crippen LogP contribution in [0.2, 0.25) is 0 Å². The number of para-hydroxylation sites is 1. The van der Waals surface area contributed by atoms with Crippen molar-refractivity contribution in [3.8, 4) is 11.1 Å². The molecule has 1 aliphatic rings. The zero-order valence-electron chi connectivity index (χ0n) is 21.4. The third-order valence-corrected chi connectivity index (χ3v) is 8.46. The Morgan fingerprint density at radius 3 is 2.28 bits per heavy atom. The summed E-state index contributed by atoms with van der Waals surface area (Å²) >= 11 is 0. The highest BCUT2D eigenvalue weighted by atomic mass is 16.3. The molecule has 1 nitrogen and oxygen atoms in total. The second-order valence-electron chi connectivity index (χ2n) is 11.1. The van der Waals surface area contributed by atoms with E-state index in [0.29, 0.717) is 5.92 Å². The summed E-state index contributed by atoms with van der Waals surface area (Å²) in [4.78, 5) is 0. The molecule has 1 aliphatic carbocycles.